The zero-order valence-corrected chi connectivity index (χ0v) is 38.3. The number of rotatable bonds is 3. The van der Waals surface area contributed by atoms with Gasteiger partial charge in [0.15, 0.2) is 0 Å². The van der Waals surface area contributed by atoms with Crippen LogP contribution in [0, 0.1) is 11.8 Å². The maximum Gasteiger partial charge on any atom is 0.409 e. The van der Waals surface area contributed by atoms with Crippen LogP contribution >= 0.6 is 86.9 Å². The summed E-state index contributed by atoms with van der Waals surface area (Å²) in [5.41, 5.74) is 5.74. The molecule has 2 aliphatic heterocycles. The number of ether oxygens (including phenoxy) is 1. The van der Waals surface area contributed by atoms with Crippen LogP contribution in [0.5, 0.6) is 0 Å². The lowest BCUT2D eigenvalue weighted by Gasteiger charge is -2.43. The van der Waals surface area contributed by atoms with E-state index in [9.17, 15) is 15.0 Å². The molecular formula is C42H43Br4Cl2N3O4. The lowest BCUT2D eigenvalue weighted by molar-refractivity contribution is -0.0151. The van der Waals surface area contributed by atoms with Crippen molar-refractivity contribution in [2.45, 2.75) is 69.5 Å². The van der Waals surface area contributed by atoms with Gasteiger partial charge in [0.2, 0.25) is 0 Å². The Morgan fingerprint density at radius 1 is 0.782 bits per heavy atom. The van der Waals surface area contributed by atoms with Crippen molar-refractivity contribution in [1.82, 2.24) is 15.2 Å². The third-order valence-corrected chi connectivity index (χ3v) is 14.3. The van der Waals surface area contributed by atoms with Crippen molar-refractivity contribution in [3.63, 3.8) is 0 Å². The third kappa shape index (κ3) is 8.22. The van der Waals surface area contributed by atoms with Crippen LogP contribution in [0.4, 0.5) is 4.79 Å². The van der Waals surface area contributed by atoms with E-state index in [1.807, 2.05) is 43.3 Å². The normalized spacial score (nSPS) is 22.5. The average Bonchev–Trinajstić information content (AvgIpc) is 3.36. The molecule has 55 heavy (non-hydrogen) atoms. The quantitative estimate of drug-likeness (QED) is 0.189. The first-order chi connectivity index (χ1) is 26.3. The smallest absolute Gasteiger partial charge is 0.409 e. The molecule has 0 radical (unpaired) electrons. The van der Waals surface area contributed by atoms with Crippen LogP contribution in [0.15, 0.2) is 72.6 Å². The highest BCUT2D eigenvalue weighted by atomic mass is 79.9. The number of pyridine rings is 1. The van der Waals surface area contributed by atoms with Crippen molar-refractivity contribution in [2.75, 3.05) is 32.8 Å². The first-order valence-corrected chi connectivity index (χ1v) is 22.7. The van der Waals surface area contributed by atoms with Crippen molar-refractivity contribution in [2.24, 2.45) is 11.8 Å². The monoisotopic (exact) mass is 1040 g/mol. The lowest BCUT2D eigenvalue weighted by atomic mass is 9.70. The summed E-state index contributed by atoms with van der Waals surface area (Å²) in [6.45, 7) is 5.15. The van der Waals surface area contributed by atoms with E-state index < -0.39 is 11.2 Å². The zero-order chi connectivity index (χ0) is 39.1. The van der Waals surface area contributed by atoms with E-state index in [1.165, 1.54) is 0 Å². The lowest BCUT2D eigenvalue weighted by Crippen LogP contribution is -2.46. The van der Waals surface area contributed by atoms with Gasteiger partial charge in [0.05, 0.1) is 12.3 Å². The van der Waals surface area contributed by atoms with Crippen LogP contribution in [0.1, 0.15) is 77.2 Å². The van der Waals surface area contributed by atoms with Crippen LogP contribution in [-0.4, -0.2) is 59.0 Å². The fourth-order valence-corrected chi connectivity index (χ4v) is 12.3. The van der Waals surface area contributed by atoms with Gasteiger partial charge in [-0.1, -0.05) is 77.1 Å². The number of nitrogens with zero attached hydrogens (tertiary/aromatic N) is 2. The fourth-order valence-electron chi connectivity index (χ4n) is 9.21. The molecule has 7 nitrogen and oxygen atoms in total. The molecule has 0 spiro atoms. The Morgan fingerprint density at radius 2 is 1.33 bits per heavy atom. The first kappa shape index (κ1) is 41.6. The zero-order valence-electron chi connectivity index (χ0n) is 30.4. The number of carbonyl (C=O) groups is 1. The minimum atomic E-state index is -1.16. The predicted molar refractivity (Wildman–Crippen MR) is 232 cm³/mol. The van der Waals surface area contributed by atoms with Crippen molar-refractivity contribution in [3.8, 4) is 0 Å². The molecule has 3 N–H and O–H groups in total. The van der Waals surface area contributed by atoms with Crippen LogP contribution in [-0.2, 0) is 41.6 Å². The minimum absolute atomic E-state index is 0.0302. The molecule has 3 aromatic carbocycles. The van der Waals surface area contributed by atoms with Gasteiger partial charge in [-0.2, -0.15) is 0 Å². The maximum absolute atomic E-state index is 12.4. The number of hydrogen-bond donors (Lipinski definition) is 3. The van der Waals surface area contributed by atoms with Gasteiger partial charge in [-0.3, -0.25) is 4.98 Å². The largest absolute Gasteiger partial charge is 0.450 e. The molecule has 1 amide bonds. The molecule has 2 unspecified atom stereocenters. The molecule has 4 aliphatic rings. The molecule has 4 aromatic rings. The number of likely N-dealkylation sites (tertiary alicyclic amines) is 1. The van der Waals surface area contributed by atoms with E-state index in [4.69, 9.17) is 32.9 Å². The summed E-state index contributed by atoms with van der Waals surface area (Å²) < 4.78 is 8.81. The van der Waals surface area contributed by atoms with E-state index >= 15 is 0 Å². The van der Waals surface area contributed by atoms with Crippen LogP contribution in [0.3, 0.4) is 0 Å². The summed E-state index contributed by atoms with van der Waals surface area (Å²) in [7, 11) is 0. The molecule has 8 rings (SSSR count). The Labute approximate surface area is 366 Å². The SMILES string of the molecule is CCOC(=O)N1CCC(C2(O)c3ccc(Br)cc3CCc3cc(Cl)cc(Br)c32)CC1.OC1(C2CCNCC2)c2ncc(Br)cc2CCc2cc(Cl)cc(Br)c21. The number of benzene rings is 3. The fraction of sp³-hybridized carbons (Fsp3) is 0.429. The van der Waals surface area contributed by atoms with E-state index in [0.717, 1.165) is 114 Å². The van der Waals surface area contributed by atoms with Crippen LogP contribution < -0.4 is 5.32 Å². The molecule has 2 atom stereocenters. The van der Waals surface area contributed by atoms with Gasteiger partial charge in [-0.25, -0.2) is 4.79 Å². The molecule has 2 aliphatic carbocycles. The highest BCUT2D eigenvalue weighted by molar-refractivity contribution is 9.11. The topological polar surface area (TPSA) is 94.9 Å². The van der Waals surface area contributed by atoms with Gasteiger partial charge < -0.3 is 25.2 Å². The van der Waals surface area contributed by atoms with Gasteiger partial charge >= 0.3 is 6.09 Å². The van der Waals surface area contributed by atoms with Crippen molar-refractivity contribution in [1.29, 1.82) is 0 Å². The molecule has 2 fully saturated rings. The second kappa shape index (κ2) is 17.4. The molecule has 1 aromatic heterocycles. The standard InChI is InChI=1S/C23H24Br2ClNO3.C19H19Br2ClN2O/c1-2-30-22(28)27-9-7-16(8-10-27)23(29)19-6-5-17(24)11-14(19)3-4-15-12-18(26)13-20(25)21(15)23;20-14-7-12-2-1-11-8-15(22)9-16(21)17(11)19(25,18(12)24-10-14)13-3-5-23-6-4-13/h5-6,11-13,16,29H,2-4,7-10H2,1H3;7-10,13,23,25H,1-6H2. The Balaban J connectivity index is 0.000000172. The van der Waals surface area contributed by atoms with Crippen molar-refractivity contribution < 1.29 is 19.7 Å². The summed E-state index contributed by atoms with van der Waals surface area (Å²) >= 11 is 27.1. The summed E-state index contributed by atoms with van der Waals surface area (Å²) in [6.07, 6.45) is 8.06. The number of aryl methyl sites for hydroxylation is 4. The highest BCUT2D eigenvalue weighted by Crippen LogP contribution is 2.51. The number of aliphatic hydroxyl groups is 2. The van der Waals surface area contributed by atoms with Gasteiger partial charge in [0, 0.05) is 64.3 Å². The summed E-state index contributed by atoms with van der Waals surface area (Å²) in [5.74, 6) is 0.0907. The Morgan fingerprint density at radius 3 is 1.95 bits per heavy atom. The summed E-state index contributed by atoms with van der Waals surface area (Å²) in [4.78, 5) is 18.6. The number of amides is 1. The summed E-state index contributed by atoms with van der Waals surface area (Å²) in [6, 6.07) is 15.9. The van der Waals surface area contributed by atoms with Crippen LogP contribution in [0.2, 0.25) is 10.0 Å². The number of aromatic nitrogens is 1. The Bertz CT molecular complexity index is 2090. The molecule has 13 heteroatoms. The number of halogens is 6. The number of nitrogens with one attached hydrogen (secondary N) is 1. The van der Waals surface area contributed by atoms with Crippen molar-refractivity contribution >= 4 is 93.0 Å². The number of piperidine rings is 2. The average molecular weight is 1040 g/mol. The van der Waals surface area contributed by atoms with Gasteiger partial charge in [0.25, 0.3) is 0 Å². The van der Waals surface area contributed by atoms with E-state index in [1.54, 1.807) is 11.1 Å². The van der Waals surface area contributed by atoms with E-state index in [0.29, 0.717) is 42.6 Å². The molecule has 0 bridgehead atoms. The van der Waals surface area contributed by atoms with E-state index in [-0.39, 0.29) is 17.9 Å². The maximum atomic E-state index is 12.4. The second-order valence-electron chi connectivity index (χ2n) is 14.8. The van der Waals surface area contributed by atoms with E-state index in [2.05, 4.69) is 81.2 Å². The predicted octanol–water partition coefficient (Wildman–Crippen LogP) is 10.7. The minimum Gasteiger partial charge on any atom is -0.450 e. The van der Waals surface area contributed by atoms with Crippen LogP contribution in [0.25, 0.3) is 0 Å². The first-order valence-electron chi connectivity index (χ1n) is 18.8. The number of hydrogen-bond acceptors (Lipinski definition) is 6. The number of fused-ring (bicyclic) bond motifs is 4. The molecule has 3 heterocycles. The molecule has 292 valence electrons. The number of carbonyl (C=O) groups excluding carboxylic acids is 1. The van der Waals surface area contributed by atoms with Gasteiger partial charge in [0.1, 0.15) is 11.2 Å². The van der Waals surface area contributed by atoms with Crippen molar-refractivity contribution in [3.05, 3.63) is 127 Å². The third-order valence-electron chi connectivity index (χ3n) is 11.7. The summed E-state index contributed by atoms with van der Waals surface area (Å²) in [5, 5.41) is 29.4. The Kier molecular flexibility index (Phi) is 13.1. The molecular weight excluding hydrogens is 1000 g/mol. The molecule has 0 saturated carbocycles. The van der Waals surface area contributed by atoms with Gasteiger partial charge in [-0.05, 0) is 164 Å². The second-order valence-corrected chi connectivity index (χ2v) is 19.2. The highest BCUT2D eigenvalue weighted by Gasteiger charge is 2.48. The van der Waals surface area contributed by atoms with Gasteiger partial charge in [-0.15, -0.1) is 0 Å². The Hall–Kier alpha value is -1.54. The molecule has 2 saturated heterocycles.